The first-order valence-corrected chi connectivity index (χ1v) is 8.04. The zero-order valence-corrected chi connectivity index (χ0v) is 13.0. The number of rotatable bonds is 4. The van der Waals surface area contributed by atoms with Crippen LogP contribution in [0, 0.1) is 0 Å². The highest BCUT2D eigenvalue weighted by atomic mass is 32.1. The molecule has 21 heavy (non-hydrogen) atoms. The Labute approximate surface area is 127 Å². The average Bonchev–Trinajstić information content (AvgIpc) is 3.07. The van der Waals surface area contributed by atoms with Crippen molar-refractivity contribution in [2.75, 3.05) is 11.9 Å². The lowest BCUT2D eigenvalue weighted by molar-refractivity contribution is -0.119. The van der Waals surface area contributed by atoms with Crippen LogP contribution in [0.4, 0.5) is 5.82 Å². The summed E-state index contributed by atoms with van der Waals surface area (Å²) in [5.74, 6) is 0.695. The molecule has 0 fully saturated rings. The summed E-state index contributed by atoms with van der Waals surface area (Å²) in [4.78, 5) is 13.4. The minimum atomic E-state index is -0.121. The van der Waals surface area contributed by atoms with Gasteiger partial charge in [0.05, 0.1) is 19.2 Å². The number of hydrogen-bond acceptors (Lipinski definition) is 4. The standard InChI is InChI=1S/C15H19N3O2S/c1-10(2)18-13(3-6-16-18)17-14(19)9-12-15-11(4-7-20-12)5-8-21-15/h3,5-6,8,10,12H,4,7,9H2,1-2H3,(H,17,19). The summed E-state index contributed by atoms with van der Waals surface area (Å²) in [5, 5.41) is 9.21. The molecule has 6 heteroatoms. The Balaban J connectivity index is 1.67. The smallest absolute Gasteiger partial charge is 0.228 e. The van der Waals surface area contributed by atoms with Crippen molar-refractivity contribution in [3.8, 4) is 0 Å². The second kappa shape index (κ2) is 5.99. The fraction of sp³-hybridized carbons (Fsp3) is 0.467. The van der Waals surface area contributed by atoms with Crippen LogP contribution in [-0.2, 0) is 16.0 Å². The van der Waals surface area contributed by atoms with Gasteiger partial charge in [-0.1, -0.05) is 0 Å². The monoisotopic (exact) mass is 305 g/mol. The van der Waals surface area contributed by atoms with E-state index in [1.165, 1.54) is 10.4 Å². The maximum Gasteiger partial charge on any atom is 0.228 e. The van der Waals surface area contributed by atoms with Crippen LogP contribution in [0.2, 0.25) is 0 Å². The highest BCUT2D eigenvalue weighted by Crippen LogP contribution is 2.34. The molecule has 1 aliphatic heterocycles. The van der Waals surface area contributed by atoms with Crippen molar-refractivity contribution in [3.05, 3.63) is 34.2 Å². The number of aromatic nitrogens is 2. The largest absolute Gasteiger partial charge is 0.372 e. The van der Waals surface area contributed by atoms with Gasteiger partial charge in [0.25, 0.3) is 0 Å². The van der Waals surface area contributed by atoms with Crippen molar-refractivity contribution < 1.29 is 9.53 Å². The molecule has 1 unspecified atom stereocenters. The lowest BCUT2D eigenvalue weighted by atomic mass is 10.1. The normalized spacial score (nSPS) is 17.8. The molecule has 0 radical (unpaired) electrons. The fourth-order valence-corrected chi connectivity index (χ4v) is 3.57. The number of ether oxygens (including phenoxy) is 1. The number of amides is 1. The van der Waals surface area contributed by atoms with E-state index in [1.807, 2.05) is 19.9 Å². The number of nitrogens with one attached hydrogen (secondary N) is 1. The predicted molar refractivity (Wildman–Crippen MR) is 82.6 cm³/mol. The number of nitrogens with zero attached hydrogens (tertiary/aromatic N) is 2. The molecule has 1 amide bonds. The van der Waals surface area contributed by atoms with Crippen LogP contribution in [0.25, 0.3) is 0 Å². The quantitative estimate of drug-likeness (QED) is 0.944. The minimum absolute atomic E-state index is 0.0383. The van der Waals surface area contributed by atoms with Gasteiger partial charge in [-0.2, -0.15) is 5.10 Å². The molecule has 3 rings (SSSR count). The third-order valence-electron chi connectivity index (χ3n) is 3.56. The van der Waals surface area contributed by atoms with E-state index >= 15 is 0 Å². The molecular formula is C15H19N3O2S. The van der Waals surface area contributed by atoms with Gasteiger partial charge >= 0.3 is 0 Å². The number of hydrogen-bond donors (Lipinski definition) is 1. The van der Waals surface area contributed by atoms with E-state index < -0.39 is 0 Å². The van der Waals surface area contributed by atoms with E-state index in [1.54, 1.807) is 22.2 Å². The Bertz CT molecular complexity index is 632. The van der Waals surface area contributed by atoms with E-state index in [9.17, 15) is 4.79 Å². The van der Waals surface area contributed by atoms with Gasteiger partial charge in [0.2, 0.25) is 5.91 Å². The highest BCUT2D eigenvalue weighted by molar-refractivity contribution is 7.10. The topological polar surface area (TPSA) is 56.2 Å². The summed E-state index contributed by atoms with van der Waals surface area (Å²) in [7, 11) is 0. The molecule has 0 bridgehead atoms. The predicted octanol–water partition coefficient (Wildman–Crippen LogP) is 3.17. The fourth-order valence-electron chi connectivity index (χ4n) is 2.56. The molecule has 112 valence electrons. The Kier molecular flexibility index (Phi) is 4.07. The van der Waals surface area contributed by atoms with Crippen LogP contribution in [0.1, 0.15) is 42.9 Å². The molecule has 1 N–H and O–H groups in total. The van der Waals surface area contributed by atoms with Crippen LogP contribution >= 0.6 is 11.3 Å². The van der Waals surface area contributed by atoms with Crippen LogP contribution in [0.3, 0.4) is 0 Å². The number of carbonyl (C=O) groups is 1. The van der Waals surface area contributed by atoms with Gasteiger partial charge in [-0.15, -0.1) is 11.3 Å². The number of thiophene rings is 1. The van der Waals surface area contributed by atoms with E-state index in [-0.39, 0.29) is 18.1 Å². The molecule has 2 aromatic heterocycles. The molecule has 0 aromatic carbocycles. The van der Waals surface area contributed by atoms with Crippen LogP contribution in [-0.4, -0.2) is 22.3 Å². The average molecular weight is 305 g/mol. The zero-order chi connectivity index (χ0) is 14.8. The van der Waals surface area contributed by atoms with Crippen LogP contribution in [0.15, 0.2) is 23.7 Å². The first-order valence-electron chi connectivity index (χ1n) is 7.16. The molecule has 2 aromatic rings. The lowest BCUT2D eigenvalue weighted by Gasteiger charge is -2.22. The SMILES string of the molecule is CC(C)n1nccc1NC(=O)CC1OCCc2ccsc21. The van der Waals surface area contributed by atoms with E-state index in [0.717, 1.165) is 12.2 Å². The summed E-state index contributed by atoms with van der Waals surface area (Å²) in [6, 6.07) is 4.16. The van der Waals surface area contributed by atoms with Gasteiger partial charge in [0.15, 0.2) is 0 Å². The van der Waals surface area contributed by atoms with Crippen molar-refractivity contribution in [2.24, 2.45) is 0 Å². The zero-order valence-electron chi connectivity index (χ0n) is 12.2. The second-order valence-electron chi connectivity index (χ2n) is 5.43. The van der Waals surface area contributed by atoms with Gasteiger partial charge in [-0.05, 0) is 37.3 Å². The van der Waals surface area contributed by atoms with Crippen molar-refractivity contribution in [1.29, 1.82) is 0 Å². The van der Waals surface area contributed by atoms with Crippen LogP contribution in [0.5, 0.6) is 0 Å². The maximum absolute atomic E-state index is 12.3. The van der Waals surface area contributed by atoms with E-state index in [2.05, 4.69) is 21.9 Å². The Morgan fingerprint density at radius 2 is 2.43 bits per heavy atom. The Morgan fingerprint density at radius 3 is 3.24 bits per heavy atom. The molecule has 0 aliphatic carbocycles. The molecule has 0 spiro atoms. The summed E-state index contributed by atoms with van der Waals surface area (Å²) >= 11 is 1.67. The molecule has 5 nitrogen and oxygen atoms in total. The van der Waals surface area contributed by atoms with Gasteiger partial charge in [0.1, 0.15) is 11.9 Å². The minimum Gasteiger partial charge on any atom is -0.372 e. The van der Waals surface area contributed by atoms with Gasteiger partial charge in [-0.25, -0.2) is 4.68 Å². The van der Waals surface area contributed by atoms with E-state index in [0.29, 0.717) is 13.0 Å². The van der Waals surface area contributed by atoms with Gasteiger partial charge < -0.3 is 10.1 Å². The van der Waals surface area contributed by atoms with Crippen molar-refractivity contribution >= 4 is 23.1 Å². The van der Waals surface area contributed by atoms with Crippen molar-refractivity contribution in [1.82, 2.24) is 9.78 Å². The van der Waals surface area contributed by atoms with Crippen LogP contribution < -0.4 is 5.32 Å². The van der Waals surface area contributed by atoms with Crippen molar-refractivity contribution in [2.45, 2.75) is 38.8 Å². The molecule has 0 saturated heterocycles. The first-order chi connectivity index (χ1) is 10.1. The Hall–Kier alpha value is -1.66. The number of anilines is 1. The molecule has 1 aliphatic rings. The number of fused-ring (bicyclic) bond motifs is 1. The molecule has 0 saturated carbocycles. The molecular weight excluding hydrogens is 286 g/mol. The summed E-state index contributed by atoms with van der Waals surface area (Å²) in [6.45, 7) is 4.75. The van der Waals surface area contributed by atoms with E-state index in [4.69, 9.17) is 4.74 Å². The lowest BCUT2D eigenvalue weighted by Crippen LogP contribution is -2.22. The Morgan fingerprint density at radius 1 is 1.57 bits per heavy atom. The molecule has 3 heterocycles. The van der Waals surface area contributed by atoms with Crippen molar-refractivity contribution in [3.63, 3.8) is 0 Å². The van der Waals surface area contributed by atoms with Gasteiger partial charge in [-0.3, -0.25) is 4.79 Å². The maximum atomic E-state index is 12.3. The summed E-state index contributed by atoms with van der Waals surface area (Å²) in [6.07, 6.45) is 2.86. The van der Waals surface area contributed by atoms with Gasteiger partial charge in [0, 0.05) is 17.0 Å². The summed E-state index contributed by atoms with van der Waals surface area (Å²) < 4.78 is 7.56. The summed E-state index contributed by atoms with van der Waals surface area (Å²) in [5.41, 5.74) is 1.32. The number of carbonyl (C=O) groups excluding carboxylic acids is 1. The molecule has 1 atom stereocenters. The second-order valence-corrected chi connectivity index (χ2v) is 6.37. The third-order valence-corrected chi connectivity index (χ3v) is 4.61. The first kappa shape index (κ1) is 14.3. The third kappa shape index (κ3) is 3.01. The highest BCUT2D eigenvalue weighted by Gasteiger charge is 2.25.